The lowest BCUT2D eigenvalue weighted by Crippen LogP contribution is -2.39. The Labute approximate surface area is 112 Å². The van der Waals surface area contributed by atoms with E-state index in [-0.39, 0.29) is 5.60 Å². The fourth-order valence-corrected chi connectivity index (χ4v) is 4.10. The Kier molecular flexibility index (Phi) is 3.43. The van der Waals surface area contributed by atoms with Crippen LogP contribution in [0.3, 0.4) is 0 Å². The van der Waals surface area contributed by atoms with Gasteiger partial charge in [0.25, 0.3) is 0 Å². The Morgan fingerprint density at radius 3 is 2.94 bits per heavy atom. The van der Waals surface area contributed by atoms with E-state index in [4.69, 9.17) is 4.74 Å². The van der Waals surface area contributed by atoms with Gasteiger partial charge in [0.05, 0.1) is 22.4 Å². The van der Waals surface area contributed by atoms with Gasteiger partial charge in [-0.1, -0.05) is 12.8 Å². The molecule has 2 fully saturated rings. The van der Waals surface area contributed by atoms with Crippen LogP contribution in [0.5, 0.6) is 0 Å². The summed E-state index contributed by atoms with van der Waals surface area (Å²) >= 11 is 1.62. The summed E-state index contributed by atoms with van der Waals surface area (Å²) in [6, 6.07) is 0. The van der Waals surface area contributed by atoms with Gasteiger partial charge in [-0.15, -0.1) is 11.3 Å². The zero-order valence-corrected chi connectivity index (χ0v) is 11.7. The largest absolute Gasteiger partial charge is 0.386 e. The highest BCUT2D eigenvalue weighted by Gasteiger charge is 2.42. The van der Waals surface area contributed by atoms with Gasteiger partial charge in [0.2, 0.25) is 0 Å². The molecule has 1 aromatic rings. The molecule has 0 aromatic carbocycles. The van der Waals surface area contributed by atoms with Crippen molar-refractivity contribution in [1.82, 2.24) is 4.98 Å². The van der Waals surface area contributed by atoms with Crippen molar-refractivity contribution in [2.45, 2.75) is 57.2 Å². The van der Waals surface area contributed by atoms with Crippen molar-refractivity contribution in [3.63, 3.8) is 0 Å². The lowest BCUT2D eigenvalue weighted by molar-refractivity contribution is -0.113. The molecule has 100 valence electrons. The third-order valence-electron chi connectivity index (χ3n) is 4.43. The summed E-state index contributed by atoms with van der Waals surface area (Å²) in [5.41, 5.74) is 0.937. The maximum atomic E-state index is 10.5. The van der Waals surface area contributed by atoms with Crippen LogP contribution in [-0.2, 0) is 4.74 Å². The summed E-state index contributed by atoms with van der Waals surface area (Å²) in [6.07, 6.45) is 6.46. The number of hydrogen-bond acceptors (Lipinski definition) is 4. The minimum absolute atomic E-state index is 0.0783. The highest BCUT2D eigenvalue weighted by atomic mass is 32.1. The number of ether oxygens (including phenoxy) is 1. The van der Waals surface area contributed by atoms with Crippen LogP contribution in [0.2, 0.25) is 0 Å². The van der Waals surface area contributed by atoms with Crippen LogP contribution in [0.25, 0.3) is 0 Å². The van der Waals surface area contributed by atoms with Gasteiger partial charge < -0.3 is 9.84 Å². The maximum Gasteiger partial charge on any atom is 0.0998 e. The minimum Gasteiger partial charge on any atom is -0.386 e. The Hall–Kier alpha value is -0.450. The van der Waals surface area contributed by atoms with Gasteiger partial charge in [-0.25, -0.2) is 4.98 Å². The van der Waals surface area contributed by atoms with E-state index in [0.717, 1.165) is 30.2 Å². The summed E-state index contributed by atoms with van der Waals surface area (Å²) in [7, 11) is 0. The molecule has 4 heteroatoms. The van der Waals surface area contributed by atoms with Crippen molar-refractivity contribution in [3.05, 3.63) is 16.1 Å². The molecule has 2 heterocycles. The van der Waals surface area contributed by atoms with E-state index < -0.39 is 6.10 Å². The van der Waals surface area contributed by atoms with Gasteiger partial charge in [-0.05, 0) is 38.5 Å². The molecule has 0 radical (unpaired) electrons. The standard InChI is InChI=1S/C14H21NO2S/c1-10-15-12(9-18-10)13(16)11-4-7-17-14(8-11)5-2-3-6-14/h9,11,13,16H,2-8H2,1H3. The smallest absolute Gasteiger partial charge is 0.0998 e. The third-order valence-corrected chi connectivity index (χ3v) is 5.22. The van der Waals surface area contributed by atoms with E-state index in [0.29, 0.717) is 5.92 Å². The van der Waals surface area contributed by atoms with Crippen LogP contribution in [0.1, 0.15) is 55.3 Å². The Balaban J connectivity index is 1.72. The van der Waals surface area contributed by atoms with Gasteiger partial charge in [0, 0.05) is 12.0 Å². The number of rotatable bonds is 2. The molecular weight excluding hydrogens is 246 g/mol. The number of aryl methyl sites for hydroxylation is 1. The average Bonchev–Trinajstić information content (AvgIpc) is 2.98. The number of nitrogens with zero attached hydrogens (tertiary/aromatic N) is 1. The molecular formula is C14H21NO2S. The molecule has 1 aliphatic carbocycles. The summed E-state index contributed by atoms with van der Waals surface area (Å²) in [5.74, 6) is 0.318. The highest BCUT2D eigenvalue weighted by molar-refractivity contribution is 7.09. The molecule has 1 spiro atoms. The lowest BCUT2D eigenvalue weighted by Gasteiger charge is -2.39. The fraction of sp³-hybridized carbons (Fsp3) is 0.786. The van der Waals surface area contributed by atoms with Gasteiger partial charge in [0.1, 0.15) is 0 Å². The van der Waals surface area contributed by atoms with E-state index in [1.807, 2.05) is 12.3 Å². The first-order valence-corrected chi connectivity index (χ1v) is 7.81. The molecule has 1 aliphatic heterocycles. The molecule has 2 atom stereocenters. The van der Waals surface area contributed by atoms with Crippen molar-refractivity contribution in [3.8, 4) is 0 Å². The number of aliphatic hydroxyl groups excluding tert-OH is 1. The monoisotopic (exact) mass is 267 g/mol. The zero-order valence-electron chi connectivity index (χ0n) is 10.9. The van der Waals surface area contributed by atoms with Crippen LogP contribution in [0, 0.1) is 12.8 Å². The van der Waals surface area contributed by atoms with Crippen LogP contribution in [-0.4, -0.2) is 22.3 Å². The lowest BCUT2D eigenvalue weighted by atomic mass is 9.81. The van der Waals surface area contributed by atoms with E-state index in [1.54, 1.807) is 11.3 Å². The SMILES string of the molecule is Cc1nc(C(O)C2CCOC3(CCCC3)C2)cs1. The fourth-order valence-electron chi connectivity index (χ4n) is 3.46. The Morgan fingerprint density at radius 1 is 1.50 bits per heavy atom. The van der Waals surface area contributed by atoms with Gasteiger partial charge >= 0.3 is 0 Å². The zero-order chi connectivity index (χ0) is 12.6. The summed E-state index contributed by atoms with van der Waals surface area (Å²) in [4.78, 5) is 4.43. The maximum absolute atomic E-state index is 10.5. The van der Waals surface area contributed by atoms with Crippen molar-refractivity contribution in [1.29, 1.82) is 0 Å². The first-order chi connectivity index (χ1) is 8.69. The molecule has 18 heavy (non-hydrogen) atoms. The topological polar surface area (TPSA) is 42.4 Å². The van der Waals surface area contributed by atoms with E-state index in [1.165, 1.54) is 25.7 Å². The number of aliphatic hydroxyl groups is 1. The Bertz CT molecular complexity index is 412. The van der Waals surface area contributed by atoms with Crippen molar-refractivity contribution < 1.29 is 9.84 Å². The summed E-state index contributed by atoms with van der Waals surface area (Å²) in [6.45, 7) is 2.79. The molecule has 3 rings (SSSR count). The van der Waals surface area contributed by atoms with Crippen LogP contribution in [0.15, 0.2) is 5.38 Å². The molecule has 2 aliphatic rings. The number of aromatic nitrogens is 1. The second-order valence-corrected chi connectivity index (χ2v) is 6.79. The minimum atomic E-state index is -0.406. The quantitative estimate of drug-likeness (QED) is 0.894. The molecule has 1 saturated carbocycles. The molecule has 3 nitrogen and oxygen atoms in total. The second-order valence-electron chi connectivity index (χ2n) is 5.73. The highest BCUT2D eigenvalue weighted by Crippen LogP contribution is 2.45. The molecule has 0 bridgehead atoms. The normalized spacial score (nSPS) is 28.7. The van der Waals surface area contributed by atoms with Crippen LogP contribution < -0.4 is 0 Å². The van der Waals surface area contributed by atoms with E-state index >= 15 is 0 Å². The molecule has 2 unspecified atom stereocenters. The van der Waals surface area contributed by atoms with Crippen molar-refractivity contribution in [2.75, 3.05) is 6.61 Å². The summed E-state index contributed by atoms with van der Waals surface area (Å²) in [5, 5.41) is 13.5. The van der Waals surface area contributed by atoms with Gasteiger partial charge in [-0.3, -0.25) is 0 Å². The van der Waals surface area contributed by atoms with E-state index in [9.17, 15) is 5.11 Å². The third kappa shape index (κ3) is 2.33. The average molecular weight is 267 g/mol. The van der Waals surface area contributed by atoms with Gasteiger partial charge in [-0.2, -0.15) is 0 Å². The molecule has 1 aromatic heterocycles. The first kappa shape index (κ1) is 12.6. The predicted octanol–water partition coefficient (Wildman–Crippen LogP) is 3.22. The predicted molar refractivity (Wildman–Crippen MR) is 71.7 cm³/mol. The van der Waals surface area contributed by atoms with Crippen molar-refractivity contribution >= 4 is 11.3 Å². The molecule has 1 N–H and O–H groups in total. The summed E-state index contributed by atoms with van der Waals surface area (Å²) < 4.78 is 6.02. The van der Waals surface area contributed by atoms with Crippen molar-refractivity contribution in [2.24, 2.45) is 5.92 Å². The second kappa shape index (κ2) is 4.91. The van der Waals surface area contributed by atoms with Crippen LogP contribution in [0.4, 0.5) is 0 Å². The number of thiazole rings is 1. The number of hydrogen-bond donors (Lipinski definition) is 1. The first-order valence-electron chi connectivity index (χ1n) is 6.93. The molecule has 0 amide bonds. The van der Waals surface area contributed by atoms with Crippen LogP contribution >= 0.6 is 11.3 Å². The Morgan fingerprint density at radius 2 is 2.28 bits per heavy atom. The molecule has 1 saturated heterocycles. The van der Waals surface area contributed by atoms with E-state index in [2.05, 4.69) is 4.98 Å². The van der Waals surface area contributed by atoms with Gasteiger partial charge in [0.15, 0.2) is 0 Å².